The van der Waals surface area contributed by atoms with Gasteiger partial charge < -0.3 is 24.6 Å². The van der Waals surface area contributed by atoms with Crippen LogP contribution < -0.4 is 10.6 Å². The Bertz CT molecular complexity index is 2060. The normalized spacial score (nSPS) is 17.6. The highest BCUT2D eigenvalue weighted by atomic mass is 32.2. The first kappa shape index (κ1) is 41.6. The number of esters is 1. The molecular weight excluding hydrogens is 775 g/mol. The van der Waals surface area contributed by atoms with E-state index in [1.165, 1.54) is 35.1 Å². The first-order valence-corrected chi connectivity index (χ1v) is 23.6. The van der Waals surface area contributed by atoms with E-state index in [0.717, 1.165) is 16.7 Å². The van der Waals surface area contributed by atoms with Gasteiger partial charge in [0.2, 0.25) is 0 Å². The molecule has 0 spiro atoms. The summed E-state index contributed by atoms with van der Waals surface area (Å²) in [5.74, 6) is -1.23. The molecule has 2 atom stereocenters. The van der Waals surface area contributed by atoms with Crippen molar-refractivity contribution in [3.05, 3.63) is 142 Å². The molecule has 2 N–H and O–H groups in total. The molecule has 0 saturated carbocycles. The van der Waals surface area contributed by atoms with Gasteiger partial charge in [0.25, 0.3) is 11.8 Å². The zero-order valence-corrected chi connectivity index (χ0v) is 35.9. The van der Waals surface area contributed by atoms with Crippen LogP contribution in [-0.4, -0.2) is 79.2 Å². The smallest absolute Gasteiger partial charge is 0.355 e. The molecule has 1 aromatic heterocycles. The van der Waals surface area contributed by atoms with E-state index in [1.807, 2.05) is 66.7 Å². The van der Waals surface area contributed by atoms with E-state index in [0.29, 0.717) is 23.1 Å². The molecule has 0 aliphatic carbocycles. The number of ether oxygens (including phenoxy) is 1. The lowest BCUT2D eigenvalue weighted by Crippen LogP contribution is -2.71. The molecular formula is C43H49N5O6S2Si. The molecule has 1 fully saturated rings. The van der Waals surface area contributed by atoms with Crippen molar-refractivity contribution in [2.24, 2.45) is 5.16 Å². The van der Waals surface area contributed by atoms with Gasteiger partial charge in [-0.1, -0.05) is 129 Å². The number of hydrogen-bond donors (Lipinski definition) is 2. The Morgan fingerprint density at radius 1 is 0.965 bits per heavy atom. The Labute approximate surface area is 343 Å². The van der Waals surface area contributed by atoms with E-state index in [1.54, 1.807) is 12.3 Å². The number of amides is 2. The number of benzene rings is 3. The molecule has 2 amide bonds. The first-order chi connectivity index (χ1) is 27.3. The van der Waals surface area contributed by atoms with Crippen LogP contribution in [0.5, 0.6) is 0 Å². The summed E-state index contributed by atoms with van der Waals surface area (Å²) in [6, 6.07) is 29.5. The number of β-lactam (4-membered cyclic amide) rings is 1. The molecule has 298 valence electrons. The third-order valence-electron chi connectivity index (χ3n) is 10.5. The molecule has 3 aromatic carbocycles. The van der Waals surface area contributed by atoms with Crippen LogP contribution in [0.2, 0.25) is 18.1 Å². The van der Waals surface area contributed by atoms with Gasteiger partial charge in [0.05, 0.1) is 13.2 Å². The van der Waals surface area contributed by atoms with Crippen LogP contribution in [0.1, 0.15) is 50.1 Å². The maximum atomic E-state index is 13.9. The zero-order valence-electron chi connectivity index (χ0n) is 33.3. The van der Waals surface area contributed by atoms with Gasteiger partial charge in [-0.15, -0.1) is 23.1 Å². The molecule has 4 aromatic rings. The second-order valence-corrected chi connectivity index (χ2v) is 21.8. The van der Waals surface area contributed by atoms with E-state index in [-0.39, 0.29) is 28.7 Å². The van der Waals surface area contributed by atoms with Crippen molar-refractivity contribution in [2.45, 2.75) is 62.8 Å². The molecule has 6 rings (SSSR count). The number of hydrogen-bond acceptors (Lipinski definition) is 11. The number of oxime groups is 1. The molecule has 0 bridgehead atoms. The Morgan fingerprint density at radius 3 is 2.07 bits per heavy atom. The van der Waals surface area contributed by atoms with Crippen molar-refractivity contribution in [3.8, 4) is 0 Å². The number of nitrogens with zero attached hydrogens (tertiary/aromatic N) is 3. The van der Waals surface area contributed by atoms with E-state index >= 15 is 0 Å². The number of anilines is 1. The van der Waals surface area contributed by atoms with E-state index in [9.17, 15) is 14.4 Å². The standard InChI is InChI=1S/C43H49N5O6S2Si/c1-8-53-40(51)36-29(19-18-26-54-57(6,7)42(2,3)4)27-55-39-35(38(50)48(36)39)45-37(49)34(47-52-5)33-28-56-41(44-33)46-43(30-20-12-9-13-21-30,31-22-14-10-15-23-31)32-24-16-11-17-25-32/h9-25,28,35,39H,8,26-27H2,1-7H3,(H,44,46)(H,45,49)/b19-18-,47-34-/t35?,39-/m1/s1. The average Bonchev–Trinajstić information content (AvgIpc) is 3.67. The predicted molar refractivity (Wildman–Crippen MR) is 229 cm³/mol. The van der Waals surface area contributed by atoms with Crippen molar-refractivity contribution in [1.29, 1.82) is 0 Å². The molecule has 2 aliphatic heterocycles. The summed E-state index contributed by atoms with van der Waals surface area (Å²) in [6.45, 7) is 13.2. The van der Waals surface area contributed by atoms with E-state index in [4.69, 9.17) is 19.0 Å². The summed E-state index contributed by atoms with van der Waals surface area (Å²) in [4.78, 5) is 52.4. The molecule has 14 heteroatoms. The Kier molecular flexibility index (Phi) is 12.9. The second-order valence-electron chi connectivity index (χ2n) is 15.1. The minimum Gasteiger partial charge on any atom is -0.461 e. The number of allylic oxidation sites excluding steroid dienone is 1. The highest BCUT2D eigenvalue weighted by Gasteiger charge is 2.54. The van der Waals surface area contributed by atoms with E-state index < -0.39 is 43.1 Å². The summed E-state index contributed by atoms with van der Waals surface area (Å²) in [5, 5.41) is 12.4. The van der Waals surface area contributed by atoms with Crippen molar-refractivity contribution in [2.75, 3.05) is 31.4 Å². The second kappa shape index (κ2) is 17.6. The number of fused-ring (bicyclic) bond motifs is 1. The summed E-state index contributed by atoms with van der Waals surface area (Å²) in [5.41, 5.74) is 3.16. The molecule has 0 radical (unpaired) electrons. The molecule has 1 saturated heterocycles. The number of rotatable bonds is 15. The Hall–Kier alpha value is -5.02. The maximum Gasteiger partial charge on any atom is 0.355 e. The summed E-state index contributed by atoms with van der Waals surface area (Å²) >= 11 is 2.77. The number of carbonyl (C=O) groups is 3. The minimum atomic E-state index is -1.98. The van der Waals surface area contributed by atoms with Gasteiger partial charge in [-0.05, 0) is 47.3 Å². The lowest BCUT2D eigenvalue weighted by atomic mass is 9.77. The third kappa shape index (κ3) is 8.64. The molecule has 11 nitrogen and oxygen atoms in total. The van der Waals surface area contributed by atoms with Gasteiger partial charge >= 0.3 is 5.97 Å². The van der Waals surface area contributed by atoms with Crippen molar-refractivity contribution in [3.63, 3.8) is 0 Å². The van der Waals surface area contributed by atoms with Crippen LogP contribution in [0.15, 0.2) is 125 Å². The van der Waals surface area contributed by atoms with Crippen molar-refractivity contribution in [1.82, 2.24) is 15.2 Å². The maximum absolute atomic E-state index is 13.9. The Morgan fingerprint density at radius 2 is 1.54 bits per heavy atom. The monoisotopic (exact) mass is 823 g/mol. The van der Waals surface area contributed by atoms with Crippen molar-refractivity contribution >= 4 is 60.0 Å². The SMILES string of the molecule is CCOC(=O)C1=C(/C=C\CO[Si](C)(C)C(C)(C)C)CS[C@@H]2C(NC(=O)/C(=N\OC)c3csc(NC(c4ccccc4)(c4ccccc4)c4ccccc4)n3)C(=O)N12. The highest BCUT2D eigenvalue weighted by Crippen LogP contribution is 2.43. The lowest BCUT2D eigenvalue weighted by molar-refractivity contribution is -0.152. The van der Waals surface area contributed by atoms with E-state index in [2.05, 4.69) is 86.1 Å². The number of thiazole rings is 1. The van der Waals surface area contributed by atoms with Crippen LogP contribution >= 0.6 is 23.1 Å². The molecule has 3 heterocycles. The Balaban J connectivity index is 1.23. The quantitative estimate of drug-likeness (QED) is 0.0310. The van der Waals surface area contributed by atoms with Gasteiger partial charge in [0.1, 0.15) is 35.5 Å². The van der Waals surface area contributed by atoms with Gasteiger partial charge in [0, 0.05) is 11.1 Å². The first-order valence-electron chi connectivity index (χ1n) is 18.8. The van der Waals surface area contributed by atoms with Crippen LogP contribution in [-0.2, 0) is 33.9 Å². The van der Waals surface area contributed by atoms with Gasteiger partial charge in [-0.3, -0.25) is 14.5 Å². The largest absolute Gasteiger partial charge is 0.461 e. The predicted octanol–water partition coefficient (Wildman–Crippen LogP) is 7.69. The molecule has 1 unspecified atom stereocenters. The molecule has 2 aliphatic rings. The van der Waals surface area contributed by atoms with Crippen molar-refractivity contribution < 1.29 is 28.4 Å². The summed E-state index contributed by atoms with van der Waals surface area (Å²) < 4.78 is 11.7. The number of nitrogens with one attached hydrogen (secondary N) is 2. The van der Waals surface area contributed by atoms with Crippen LogP contribution in [0.4, 0.5) is 5.13 Å². The minimum absolute atomic E-state index is 0.0547. The molecule has 57 heavy (non-hydrogen) atoms. The third-order valence-corrected chi connectivity index (χ3v) is 17.0. The topological polar surface area (TPSA) is 131 Å². The van der Waals surface area contributed by atoms with Gasteiger partial charge in [-0.2, -0.15) is 0 Å². The summed E-state index contributed by atoms with van der Waals surface area (Å²) in [7, 11) is -0.632. The average molecular weight is 824 g/mol. The van der Waals surface area contributed by atoms with Crippen LogP contribution in [0.3, 0.4) is 0 Å². The fraction of sp³-hybridized carbons (Fsp3) is 0.326. The van der Waals surface area contributed by atoms with Gasteiger partial charge in [-0.25, -0.2) is 9.78 Å². The fourth-order valence-corrected chi connectivity index (χ4v) is 9.52. The van der Waals surface area contributed by atoms with Crippen LogP contribution in [0, 0.1) is 0 Å². The fourth-order valence-electron chi connectivity index (χ4n) is 6.51. The number of aromatic nitrogens is 1. The van der Waals surface area contributed by atoms with Gasteiger partial charge in [0.15, 0.2) is 19.2 Å². The number of carbonyl (C=O) groups excluding carboxylic acids is 3. The summed E-state index contributed by atoms with van der Waals surface area (Å²) in [6.07, 6.45) is 3.72. The zero-order chi connectivity index (χ0) is 40.8. The lowest BCUT2D eigenvalue weighted by Gasteiger charge is -2.49. The number of thioether (sulfide) groups is 1. The highest BCUT2D eigenvalue weighted by molar-refractivity contribution is 8.00. The van der Waals surface area contributed by atoms with Crippen LogP contribution in [0.25, 0.3) is 0 Å².